The third kappa shape index (κ3) is 3.21. The average molecular weight is 410 g/mol. The summed E-state index contributed by atoms with van der Waals surface area (Å²) in [6.07, 6.45) is 1.43. The molecule has 3 aromatic rings. The molecule has 30 heavy (non-hydrogen) atoms. The standard InChI is InChI=1S/C22H26N4O4/c1-12-9-23-10-15-17(29-12)4-3-5-18(15)30-19-8-16(20(27)21(19)28)26-7-6-14-13(2)24-11-25-22(14)26/h3-7,11-12,16,19-21,23,27-28H,8-10H2,1-2H3/t12?,16-,19+,20+,21-/m1/s1. The Morgan fingerprint density at radius 2 is 2.07 bits per heavy atom. The van der Waals surface area contributed by atoms with E-state index in [9.17, 15) is 10.2 Å². The number of ether oxygens (including phenoxy) is 2. The first-order valence-corrected chi connectivity index (χ1v) is 10.3. The quantitative estimate of drug-likeness (QED) is 0.604. The van der Waals surface area contributed by atoms with Crippen molar-refractivity contribution in [3.8, 4) is 11.5 Å². The first-order chi connectivity index (χ1) is 14.5. The van der Waals surface area contributed by atoms with Crippen molar-refractivity contribution >= 4 is 11.0 Å². The van der Waals surface area contributed by atoms with Gasteiger partial charge < -0.3 is 29.6 Å². The van der Waals surface area contributed by atoms with Crippen LogP contribution in [0.5, 0.6) is 11.5 Å². The van der Waals surface area contributed by atoms with E-state index in [1.54, 1.807) is 0 Å². The van der Waals surface area contributed by atoms with Gasteiger partial charge in [-0.3, -0.25) is 0 Å². The lowest BCUT2D eigenvalue weighted by atomic mass is 10.1. The molecule has 2 aliphatic rings. The van der Waals surface area contributed by atoms with Gasteiger partial charge >= 0.3 is 0 Å². The van der Waals surface area contributed by atoms with Gasteiger partial charge in [0.15, 0.2) is 0 Å². The number of benzene rings is 1. The molecule has 0 radical (unpaired) electrons. The number of fused-ring (bicyclic) bond motifs is 2. The molecule has 0 spiro atoms. The highest BCUT2D eigenvalue weighted by molar-refractivity contribution is 5.78. The van der Waals surface area contributed by atoms with Crippen LogP contribution >= 0.6 is 0 Å². The lowest BCUT2D eigenvalue weighted by molar-refractivity contribution is -0.0166. The summed E-state index contributed by atoms with van der Waals surface area (Å²) in [5.41, 5.74) is 2.56. The molecule has 2 aromatic heterocycles. The molecule has 1 aromatic carbocycles. The number of aliphatic hydroxyl groups is 2. The number of aromatic nitrogens is 3. The monoisotopic (exact) mass is 410 g/mol. The average Bonchev–Trinajstić information content (AvgIpc) is 3.20. The largest absolute Gasteiger partial charge is 0.489 e. The molecule has 5 atom stereocenters. The molecule has 1 fully saturated rings. The van der Waals surface area contributed by atoms with Gasteiger partial charge in [0.25, 0.3) is 0 Å². The van der Waals surface area contributed by atoms with E-state index in [1.165, 1.54) is 6.33 Å². The van der Waals surface area contributed by atoms with E-state index in [0.29, 0.717) is 18.7 Å². The maximum absolute atomic E-state index is 10.8. The fourth-order valence-electron chi connectivity index (χ4n) is 4.49. The van der Waals surface area contributed by atoms with Crippen LogP contribution in [0.3, 0.4) is 0 Å². The Balaban J connectivity index is 1.42. The second-order valence-electron chi connectivity index (χ2n) is 8.15. The van der Waals surface area contributed by atoms with Crippen LogP contribution in [0.1, 0.15) is 30.6 Å². The van der Waals surface area contributed by atoms with Crippen molar-refractivity contribution in [2.75, 3.05) is 6.54 Å². The molecule has 1 aliphatic carbocycles. The third-order valence-corrected chi connectivity index (χ3v) is 6.09. The molecule has 0 bridgehead atoms. The molecule has 1 unspecified atom stereocenters. The van der Waals surface area contributed by atoms with E-state index in [1.807, 2.05) is 48.9 Å². The highest BCUT2D eigenvalue weighted by Gasteiger charge is 2.44. The maximum atomic E-state index is 10.8. The second-order valence-corrected chi connectivity index (χ2v) is 8.15. The Kier molecular flexibility index (Phi) is 4.85. The van der Waals surface area contributed by atoms with Crippen LogP contribution in [0.25, 0.3) is 11.0 Å². The first-order valence-electron chi connectivity index (χ1n) is 10.3. The van der Waals surface area contributed by atoms with E-state index in [2.05, 4.69) is 15.3 Å². The number of nitrogens with one attached hydrogen (secondary N) is 1. The minimum Gasteiger partial charge on any atom is -0.489 e. The van der Waals surface area contributed by atoms with E-state index in [4.69, 9.17) is 9.47 Å². The zero-order valence-corrected chi connectivity index (χ0v) is 17.0. The number of aliphatic hydroxyl groups excluding tert-OH is 2. The highest BCUT2D eigenvalue weighted by atomic mass is 16.5. The molecule has 158 valence electrons. The molecule has 0 amide bonds. The van der Waals surface area contributed by atoms with Crippen LogP contribution in [0.2, 0.25) is 0 Å². The van der Waals surface area contributed by atoms with E-state index in [0.717, 1.165) is 34.6 Å². The molecule has 8 nitrogen and oxygen atoms in total. The van der Waals surface area contributed by atoms with E-state index in [-0.39, 0.29) is 12.1 Å². The fourth-order valence-corrected chi connectivity index (χ4v) is 4.49. The topological polar surface area (TPSA) is 102 Å². The summed E-state index contributed by atoms with van der Waals surface area (Å²) in [4.78, 5) is 8.61. The van der Waals surface area contributed by atoms with Crippen molar-refractivity contribution in [3.05, 3.63) is 48.0 Å². The fraction of sp³-hybridized carbons (Fsp3) is 0.455. The summed E-state index contributed by atoms with van der Waals surface area (Å²) in [6.45, 7) is 5.33. The van der Waals surface area contributed by atoms with Crippen molar-refractivity contribution in [2.45, 2.75) is 57.3 Å². The summed E-state index contributed by atoms with van der Waals surface area (Å²) in [7, 11) is 0. The lowest BCUT2D eigenvalue weighted by Crippen LogP contribution is -2.34. The van der Waals surface area contributed by atoms with Gasteiger partial charge in [-0.1, -0.05) is 6.07 Å². The predicted octanol–water partition coefficient (Wildman–Crippen LogP) is 1.72. The summed E-state index contributed by atoms with van der Waals surface area (Å²) < 4.78 is 14.1. The Bertz CT molecular complexity index is 1070. The highest BCUT2D eigenvalue weighted by Crippen LogP contribution is 2.38. The van der Waals surface area contributed by atoms with Crippen molar-refractivity contribution in [1.82, 2.24) is 19.9 Å². The smallest absolute Gasteiger partial charge is 0.143 e. The Morgan fingerprint density at radius 1 is 1.20 bits per heavy atom. The molecule has 5 rings (SSSR count). The van der Waals surface area contributed by atoms with Crippen molar-refractivity contribution < 1.29 is 19.7 Å². The zero-order chi connectivity index (χ0) is 20.8. The molecule has 3 heterocycles. The Hall–Kier alpha value is -2.68. The lowest BCUT2D eigenvalue weighted by Gasteiger charge is -2.21. The number of hydrogen-bond acceptors (Lipinski definition) is 7. The van der Waals surface area contributed by atoms with E-state index >= 15 is 0 Å². The molecule has 1 aliphatic heterocycles. The number of hydrogen-bond donors (Lipinski definition) is 3. The molecule has 1 saturated carbocycles. The van der Waals surface area contributed by atoms with Crippen molar-refractivity contribution in [1.29, 1.82) is 0 Å². The van der Waals surface area contributed by atoms with Crippen molar-refractivity contribution in [2.24, 2.45) is 0 Å². The minimum atomic E-state index is -1.01. The summed E-state index contributed by atoms with van der Waals surface area (Å²) in [5.74, 6) is 1.46. The molecular weight excluding hydrogens is 384 g/mol. The molecule has 8 heteroatoms. The minimum absolute atomic E-state index is 0.0669. The first kappa shape index (κ1) is 19.3. The summed E-state index contributed by atoms with van der Waals surface area (Å²) >= 11 is 0. The molecule has 0 saturated heterocycles. The Morgan fingerprint density at radius 3 is 2.93 bits per heavy atom. The van der Waals surface area contributed by atoms with Gasteiger partial charge in [-0.2, -0.15) is 0 Å². The third-order valence-electron chi connectivity index (χ3n) is 6.09. The summed E-state index contributed by atoms with van der Waals surface area (Å²) in [6, 6.07) is 7.31. The normalized spacial score (nSPS) is 28.7. The van der Waals surface area contributed by atoms with Gasteiger partial charge in [0.1, 0.15) is 47.9 Å². The van der Waals surface area contributed by atoms with Crippen LogP contribution < -0.4 is 14.8 Å². The Labute approximate surface area is 174 Å². The van der Waals surface area contributed by atoms with Gasteiger partial charge in [-0.15, -0.1) is 0 Å². The zero-order valence-electron chi connectivity index (χ0n) is 17.0. The van der Waals surface area contributed by atoms with E-state index < -0.39 is 18.3 Å². The molecular formula is C22H26N4O4. The van der Waals surface area contributed by atoms with Gasteiger partial charge in [-0.25, -0.2) is 9.97 Å². The van der Waals surface area contributed by atoms with Gasteiger partial charge in [0, 0.05) is 36.7 Å². The van der Waals surface area contributed by atoms with Gasteiger partial charge in [-0.05, 0) is 32.0 Å². The van der Waals surface area contributed by atoms with Crippen LogP contribution in [0.4, 0.5) is 0 Å². The molecule has 3 N–H and O–H groups in total. The second kappa shape index (κ2) is 7.54. The maximum Gasteiger partial charge on any atom is 0.143 e. The number of nitrogens with zero attached hydrogens (tertiary/aromatic N) is 3. The van der Waals surface area contributed by atoms with Crippen LogP contribution in [-0.2, 0) is 6.54 Å². The SMILES string of the molecule is Cc1ncnc2c1ccn2[C@@H]1C[C@H](Oc2cccc3c2CNCC(C)O3)[C@@H](O)[C@H]1O. The number of aryl methyl sites for hydroxylation is 1. The summed E-state index contributed by atoms with van der Waals surface area (Å²) in [5, 5.41) is 25.8. The van der Waals surface area contributed by atoms with Gasteiger partial charge in [0.2, 0.25) is 0 Å². The van der Waals surface area contributed by atoms with Crippen molar-refractivity contribution in [3.63, 3.8) is 0 Å². The number of rotatable bonds is 3. The predicted molar refractivity (Wildman–Crippen MR) is 111 cm³/mol. The van der Waals surface area contributed by atoms with Crippen LogP contribution in [0, 0.1) is 6.92 Å². The van der Waals surface area contributed by atoms with Crippen LogP contribution in [0.15, 0.2) is 36.8 Å². The van der Waals surface area contributed by atoms with Crippen LogP contribution in [-0.4, -0.2) is 55.7 Å². The van der Waals surface area contributed by atoms with Gasteiger partial charge in [0.05, 0.1) is 11.7 Å².